The van der Waals surface area contributed by atoms with E-state index < -0.39 is 0 Å². The first-order chi connectivity index (χ1) is 10.3. The number of hydrogen-bond donors (Lipinski definition) is 2. The molecule has 0 aromatic heterocycles. The SMILES string of the molecule is CCNC(=NCCCCSC)NCCc1cccc(C)c1.I. The van der Waals surface area contributed by atoms with Crippen molar-refractivity contribution < 1.29 is 0 Å². The molecule has 0 saturated carbocycles. The first kappa shape index (κ1) is 21.6. The topological polar surface area (TPSA) is 36.4 Å². The lowest BCUT2D eigenvalue weighted by atomic mass is 10.1. The molecule has 2 N–H and O–H groups in total. The van der Waals surface area contributed by atoms with Gasteiger partial charge in [-0.25, -0.2) is 0 Å². The van der Waals surface area contributed by atoms with E-state index in [0.717, 1.165) is 38.4 Å². The van der Waals surface area contributed by atoms with Crippen LogP contribution in [0.4, 0.5) is 0 Å². The zero-order valence-corrected chi connectivity index (χ0v) is 17.2. The molecular weight excluding hydrogens is 405 g/mol. The molecule has 0 aliphatic rings. The monoisotopic (exact) mass is 435 g/mol. The summed E-state index contributed by atoms with van der Waals surface area (Å²) in [6.07, 6.45) is 5.58. The Morgan fingerprint density at radius 3 is 2.73 bits per heavy atom. The number of unbranched alkanes of at least 4 members (excludes halogenated alkanes) is 1. The van der Waals surface area contributed by atoms with E-state index in [-0.39, 0.29) is 24.0 Å². The molecular formula is C17H30IN3S. The van der Waals surface area contributed by atoms with Gasteiger partial charge in [0.25, 0.3) is 0 Å². The number of rotatable bonds is 9. The van der Waals surface area contributed by atoms with Crippen molar-refractivity contribution in [2.24, 2.45) is 4.99 Å². The average molecular weight is 435 g/mol. The lowest BCUT2D eigenvalue weighted by molar-refractivity contribution is 0.770. The van der Waals surface area contributed by atoms with Crippen LogP contribution in [0.15, 0.2) is 29.3 Å². The van der Waals surface area contributed by atoms with Crippen LogP contribution in [0, 0.1) is 6.92 Å². The zero-order valence-electron chi connectivity index (χ0n) is 14.0. The molecule has 126 valence electrons. The van der Waals surface area contributed by atoms with Crippen LogP contribution in [-0.4, -0.2) is 37.6 Å². The summed E-state index contributed by atoms with van der Waals surface area (Å²) in [4.78, 5) is 4.62. The van der Waals surface area contributed by atoms with Crippen LogP contribution in [0.2, 0.25) is 0 Å². The van der Waals surface area contributed by atoms with Crippen LogP contribution in [-0.2, 0) is 6.42 Å². The Bertz CT molecular complexity index is 424. The van der Waals surface area contributed by atoms with Crippen LogP contribution in [0.3, 0.4) is 0 Å². The number of halogens is 1. The molecule has 22 heavy (non-hydrogen) atoms. The molecule has 3 nitrogen and oxygen atoms in total. The molecule has 0 bridgehead atoms. The summed E-state index contributed by atoms with van der Waals surface area (Å²) in [5, 5.41) is 6.72. The number of aliphatic imine (C=N–C) groups is 1. The highest BCUT2D eigenvalue weighted by Gasteiger charge is 1.98. The van der Waals surface area contributed by atoms with Gasteiger partial charge in [0.1, 0.15) is 0 Å². The van der Waals surface area contributed by atoms with E-state index in [2.05, 4.69) is 60.0 Å². The quantitative estimate of drug-likeness (QED) is 0.268. The Balaban J connectivity index is 0.00000441. The Morgan fingerprint density at radius 2 is 2.05 bits per heavy atom. The summed E-state index contributed by atoms with van der Waals surface area (Å²) in [5.74, 6) is 2.17. The predicted molar refractivity (Wildman–Crippen MR) is 112 cm³/mol. The maximum absolute atomic E-state index is 4.62. The van der Waals surface area contributed by atoms with Crippen LogP contribution in [0.5, 0.6) is 0 Å². The average Bonchev–Trinajstić information content (AvgIpc) is 2.47. The smallest absolute Gasteiger partial charge is 0.191 e. The van der Waals surface area contributed by atoms with Gasteiger partial charge in [0.05, 0.1) is 0 Å². The van der Waals surface area contributed by atoms with Gasteiger partial charge in [-0.15, -0.1) is 24.0 Å². The number of thioether (sulfide) groups is 1. The second-order valence-electron chi connectivity index (χ2n) is 5.13. The maximum Gasteiger partial charge on any atom is 0.191 e. The van der Waals surface area contributed by atoms with Crippen molar-refractivity contribution in [3.8, 4) is 0 Å². The molecule has 0 spiro atoms. The number of nitrogens with zero attached hydrogens (tertiary/aromatic N) is 1. The van der Waals surface area contributed by atoms with Gasteiger partial charge in [0.2, 0.25) is 0 Å². The fourth-order valence-electron chi connectivity index (χ4n) is 2.08. The molecule has 0 amide bonds. The van der Waals surface area contributed by atoms with Crippen molar-refractivity contribution in [2.45, 2.75) is 33.1 Å². The van der Waals surface area contributed by atoms with Crippen LogP contribution < -0.4 is 10.6 Å². The standard InChI is InChI=1S/C17H29N3S.HI/c1-4-18-17(19-11-5-6-13-21-3)20-12-10-16-9-7-8-15(2)14-16;/h7-9,14H,4-6,10-13H2,1-3H3,(H2,18,19,20);1H. The highest BCUT2D eigenvalue weighted by atomic mass is 127. The van der Waals surface area contributed by atoms with Gasteiger partial charge in [-0.1, -0.05) is 29.8 Å². The highest BCUT2D eigenvalue weighted by Crippen LogP contribution is 2.04. The van der Waals surface area contributed by atoms with E-state index in [9.17, 15) is 0 Å². The molecule has 0 saturated heterocycles. The molecule has 5 heteroatoms. The maximum atomic E-state index is 4.62. The second-order valence-corrected chi connectivity index (χ2v) is 6.11. The third-order valence-corrected chi connectivity index (χ3v) is 3.86. The highest BCUT2D eigenvalue weighted by molar-refractivity contribution is 14.0. The largest absolute Gasteiger partial charge is 0.357 e. The Hall–Kier alpha value is -0.430. The van der Waals surface area contributed by atoms with E-state index in [0.29, 0.717) is 0 Å². The fourth-order valence-corrected chi connectivity index (χ4v) is 2.58. The number of aryl methyl sites for hydroxylation is 1. The van der Waals surface area contributed by atoms with Gasteiger partial charge in [-0.2, -0.15) is 11.8 Å². The first-order valence-corrected chi connectivity index (χ1v) is 9.22. The van der Waals surface area contributed by atoms with E-state index >= 15 is 0 Å². The Kier molecular flexibility index (Phi) is 13.9. The molecule has 0 aliphatic carbocycles. The van der Waals surface area contributed by atoms with Gasteiger partial charge >= 0.3 is 0 Å². The van der Waals surface area contributed by atoms with Crippen molar-refractivity contribution in [1.29, 1.82) is 0 Å². The van der Waals surface area contributed by atoms with Crippen molar-refractivity contribution >= 4 is 41.7 Å². The minimum absolute atomic E-state index is 0. The second kappa shape index (κ2) is 14.2. The van der Waals surface area contributed by atoms with Crippen LogP contribution in [0.25, 0.3) is 0 Å². The van der Waals surface area contributed by atoms with Crippen molar-refractivity contribution in [3.63, 3.8) is 0 Å². The van der Waals surface area contributed by atoms with Gasteiger partial charge in [0, 0.05) is 19.6 Å². The number of hydrogen-bond acceptors (Lipinski definition) is 2. The van der Waals surface area contributed by atoms with Gasteiger partial charge < -0.3 is 10.6 Å². The third-order valence-electron chi connectivity index (χ3n) is 3.16. The van der Waals surface area contributed by atoms with E-state index in [1.807, 2.05) is 11.8 Å². The third kappa shape index (κ3) is 10.3. The summed E-state index contributed by atoms with van der Waals surface area (Å²) >= 11 is 1.90. The van der Waals surface area contributed by atoms with Gasteiger partial charge in [0.15, 0.2) is 5.96 Å². The Labute approximate surface area is 157 Å². The Morgan fingerprint density at radius 1 is 1.23 bits per heavy atom. The first-order valence-electron chi connectivity index (χ1n) is 7.83. The molecule has 0 heterocycles. The van der Waals surface area contributed by atoms with Gasteiger partial charge in [-0.3, -0.25) is 4.99 Å². The molecule has 0 fully saturated rings. The summed E-state index contributed by atoms with van der Waals surface area (Å²) in [5.41, 5.74) is 2.69. The summed E-state index contributed by atoms with van der Waals surface area (Å²) < 4.78 is 0. The molecule has 0 aliphatic heterocycles. The normalized spacial score (nSPS) is 11.0. The lowest BCUT2D eigenvalue weighted by Gasteiger charge is -2.11. The van der Waals surface area contributed by atoms with Crippen molar-refractivity contribution in [2.75, 3.05) is 31.6 Å². The van der Waals surface area contributed by atoms with Crippen molar-refractivity contribution in [1.82, 2.24) is 10.6 Å². The van der Waals surface area contributed by atoms with Crippen LogP contribution >= 0.6 is 35.7 Å². The molecule has 0 unspecified atom stereocenters. The van der Waals surface area contributed by atoms with Crippen molar-refractivity contribution in [3.05, 3.63) is 35.4 Å². The van der Waals surface area contributed by atoms with E-state index in [1.165, 1.54) is 23.3 Å². The minimum atomic E-state index is 0. The molecule has 0 atom stereocenters. The van der Waals surface area contributed by atoms with E-state index in [4.69, 9.17) is 0 Å². The number of nitrogens with one attached hydrogen (secondary N) is 2. The summed E-state index contributed by atoms with van der Waals surface area (Å²) in [6, 6.07) is 8.68. The summed E-state index contributed by atoms with van der Waals surface area (Å²) in [6.45, 7) is 6.96. The molecule has 0 radical (unpaired) electrons. The zero-order chi connectivity index (χ0) is 15.3. The van der Waals surface area contributed by atoms with Gasteiger partial charge in [-0.05, 0) is 50.7 Å². The minimum Gasteiger partial charge on any atom is -0.357 e. The van der Waals surface area contributed by atoms with Crippen LogP contribution in [0.1, 0.15) is 30.9 Å². The predicted octanol–water partition coefficient (Wildman–Crippen LogP) is 3.85. The fraction of sp³-hybridized carbons (Fsp3) is 0.588. The molecule has 1 aromatic carbocycles. The number of guanidine groups is 1. The lowest BCUT2D eigenvalue weighted by Crippen LogP contribution is -2.38. The molecule has 1 aromatic rings. The molecule has 1 rings (SSSR count). The number of benzene rings is 1. The van der Waals surface area contributed by atoms with E-state index in [1.54, 1.807) is 0 Å². The summed E-state index contributed by atoms with van der Waals surface area (Å²) in [7, 11) is 0.